The molecule has 0 unspecified atom stereocenters. The van der Waals surface area contributed by atoms with Crippen molar-refractivity contribution < 1.29 is 27.7 Å². The minimum absolute atomic E-state index is 0.00342. The van der Waals surface area contributed by atoms with E-state index < -0.39 is 32.9 Å². The van der Waals surface area contributed by atoms with E-state index in [1.807, 2.05) is 0 Å². The number of nitrogens with one attached hydrogen (secondary N) is 1. The lowest BCUT2D eigenvalue weighted by Crippen LogP contribution is -2.30. The highest BCUT2D eigenvalue weighted by molar-refractivity contribution is 7.89. The molecule has 0 aliphatic carbocycles. The van der Waals surface area contributed by atoms with Crippen molar-refractivity contribution in [1.82, 2.24) is 4.31 Å². The average Bonchev–Trinajstić information content (AvgIpc) is 2.67. The Morgan fingerprint density at radius 2 is 1.83 bits per heavy atom. The van der Waals surface area contributed by atoms with Crippen LogP contribution in [0, 0.1) is 17.0 Å². The SMILES string of the molecule is Cc1cc(C(=O)O[C@@H](C)C(=O)Nc2cccc(S(=O)(=O)N(C)C)c2)ccc1[N+](=O)[O-]. The largest absolute Gasteiger partial charge is 0.449 e. The van der Waals surface area contributed by atoms with Gasteiger partial charge in [0.05, 0.1) is 15.4 Å². The summed E-state index contributed by atoms with van der Waals surface area (Å²) in [4.78, 5) is 34.9. The molecule has 1 atom stereocenters. The summed E-state index contributed by atoms with van der Waals surface area (Å²) in [5, 5.41) is 13.4. The monoisotopic (exact) mass is 435 g/mol. The molecule has 0 aliphatic rings. The lowest BCUT2D eigenvalue weighted by atomic mass is 10.1. The number of carbonyl (C=O) groups is 2. The van der Waals surface area contributed by atoms with E-state index in [1.165, 1.54) is 70.4 Å². The normalized spacial score (nSPS) is 12.3. The second-order valence-electron chi connectivity index (χ2n) is 6.61. The van der Waals surface area contributed by atoms with Gasteiger partial charge in [-0.3, -0.25) is 14.9 Å². The van der Waals surface area contributed by atoms with Crippen LogP contribution in [-0.2, 0) is 19.6 Å². The van der Waals surface area contributed by atoms with Crippen LogP contribution in [0.5, 0.6) is 0 Å². The van der Waals surface area contributed by atoms with Crippen molar-refractivity contribution in [3.63, 3.8) is 0 Å². The number of benzene rings is 2. The summed E-state index contributed by atoms with van der Waals surface area (Å²) in [6.07, 6.45) is -1.19. The van der Waals surface area contributed by atoms with E-state index in [1.54, 1.807) is 0 Å². The quantitative estimate of drug-likeness (QED) is 0.400. The first-order valence-electron chi connectivity index (χ1n) is 8.73. The number of sulfonamides is 1. The Hall–Kier alpha value is -3.31. The molecule has 2 aromatic rings. The van der Waals surface area contributed by atoms with Crippen LogP contribution >= 0.6 is 0 Å². The number of amides is 1. The van der Waals surface area contributed by atoms with Gasteiger partial charge >= 0.3 is 5.97 Å². The molecule has 0 heterocycles. The molecular weight excluding hydrogens is 414 g/mol. The first-order chi connectivity index (χ1) is 13.9. The van der Waals surface area contributed by atoms with Crippen molar-refractivity contribution in [2.75, 3.05) is 19.4 Å². The van der Waals surface area contributed by atoms with Crippen LogP contribution in [0.25, 0.3) is 0 Å². The fourth-order valence-corrected chi connectivity index (χ4v) is 3.41. The van der Waals surface area contributed by atoms with Gasteiger partial charge in [-0.2, -0.15) is 0 Å². The minimum atomic E-state index is -3.68. The fourth-order valence-electron chi connectivity index (χ4n) is 2.46. The number of nitro groups is 1. The van der Waals surface area contributed by atoms with Crippen molar-refractivity contribution in [2.45, 2.75) is 24.8 Å². The van der Waals surface area contributed by atoms with Crippen LogP contribution in [0.4, 0.5) is 11.4 Å². The Morgan fingerprint density at radius 3 is 2.40 bits per heavy atom. The van der Waals surface area contributed by atoms with E-state index in [4.69, 9.17) is 4.74 Å². The Balaban J connectivity index is 2.09. The lowest BCUT2D eigenvalue weighted by molar-refractivity contribution is -0.385. The summed E-state index contributed by atoms with van der Waals surface area (Å²) >= 11 is 0. The number of ether oxygens (including phenoxy) is 1. The van der Waals surface area contributed by atoms with Gasteiger partial charge in [0.1, 0.15) is 0 Å². The molecule has 0 bridgehead atoms. The third-order valence-electron chi connectivity index (χ3n) is 4.16. The number of anilines is 1. The predicted molar refractivity (Wildman–Crippen MR) is 109 cm³/mol. The van der Waals surface area contributed by atoms with Gasteiger partial charge < -0.3 is 10.1 Å². The zero-order chi connectivity index (χ0) is 22.6. The summed E-state index contributed by atoms with van der Waals surface area (Å²) in [6, 6.07) is 9.40. The standard InChI is InChI=1S/C19H21N3O7S/c1-12-10-14(8-9-17(12)22(25)26)19(24)29-13(2)18(23)20-15-6-5-7-16(11-15)30(27,28)21(3)4/h5-11,13H,1-4H3,(H,20,23)/t13-/m0/s1. The summed E-state index contributed by atoms with van der Waals surface area (Å²) < 4.78 is 30.6. The third kappa shape index (κ3) is 5.19. The molecule has 10 nitrogen and oxygen atoms in total. The number of hydrogen-bond donors (Lipinski definition) is 1. The summed E-state index contributed by atoms with van der Waals surface area (Å²) in [6.45, 7) is 2.84. The lowest BCUT2D eigenvalue weighted by Gasteiger charge is -2.15. The summed E-state index contributed by atoms with van der Waals surface area (Å²) in [5.74, 6) is -1.49. The van der Waals surface area contributed by atoms with Gasteiger partial charge in [0.2, 0.25) is 10.0 Å². The van der Waals surface area contributed by atoms with E-state index in [-0.39, 0.29) is 27.4 Å². The maximum absolute atomic E-state index is 12.3. The topological polar surface area (TPSA) is 136 Å². The highest BCUT2D eigenvalue weighted by atomic mass is 32.2. The maximum atomic E-state index is 12.3. The van der Waals surface area contributed by atoms with Crippen LogP contribution in [0.3, 0.4) is 0 Å². The molecule has 0 aliphatic heterocycles. The smallest absolute Gasteiger partial charge is 0.338 e. The van der Waals surface area contributed by atoms with Gasteiger partial charge in [0, 0.05) is 31.4 Å². The molecule has 30 heavy (non-hydrogen) atoms. The van der Waals surface area contributed by atoms with Crippen LogP contribution < -0.4 is 5.32 Å². The molecule has 2 aromatic carbocycles. The molecule has 2 rings (SSSR count). The van der Waals surface area contributed by atoms with E-state index in [0.717, 1.165) is 4.31 Å². The Kier molecular flexibility index (Phi) is 6.90. The van der Waals surface area contributed by atoms with Crippen molar-refractivity contribution in [2.24, 2.45) is 0 Å². The van der Waals surface area contributed by atoms with Crippen molar-refractivity contribution in [3.05, 3.63) is 63.7 Å². The van der Waals surface area contributed by atoms with E-state index in [2.05, 4.69) is 5.32 Å². The highest BCUT2D eigenvalue weighted by Crippen LogP contribution is 2.20. The first-order valence-corrected chi connectivity index (χ1v) is 10.2. The van der Waals surface area contributed by atoms with Gasteiger partial charge in [-0.05, 0) is 44.2 Å². The molecule has 0 fully saturated rings. The highest BCUT2D eigenvalue weighted by Gasteiger charge is 2.22. The molecule has 0 aromatic heterocycles. The number of rotatable bonds is 7. The van der Waals surface area contributed by atoms with Crippen LogP contribution in [-0.4, -0.2) is 49.7 Å². The molecule has 0 saturated heterocycles. The van der Waals surface area contributed by atoms with Gasteiger partial charge in [-0.25, -0.2) is 17.5 Å². The zero-order valence-electron chi connectivity index (χ0n) is 16.8. The minimum Gasteiger partial charge on any atom is -0.449 e. The molecule has 0 spiro atoms. The molecular formula is C19H21N3O7S. The molecule has 0 radical (unpaired) electrons. The number of aryl methyl sites for hydroxylation is 1. The summed E-state index contributed by atoms with van der Waals surface area (Å²) in [5.41, 5.74) is 0.434. The van der Waals surface area contributed by atoms with E-state index in [0.29, 0.717) is 0 Å². The van der Waals surface area contributed by atoms with Gasteiger partial charge in [-0.15, -0.1) is 0 Å². The molecule has 0 saturated carbocycles. The maximum Gasteiger partial charge on any atom is 0.338 e. The van der Waals surface area contributed by atoms with Crippen molar-refractivity contribution >= 4 is 33.3 Å². The summed E-state index contributed by atoms with van der Waals surface area (Å²) in [7, 11) is -0.894. The van der Waals surface area contributed by atoms with Crippen LogP contribution in [0.2, 0.25) is 0 Å². The Bertz CT molecular complexity index is 1100. The average molecular weight is 435 g/mol. The third-order valence-corrected chi connectivity index (χ3v) is 5.97. The molecule has 160 valence electrons. The molecule has 1 N–H and O–H groups in total. The first kappa shape index (κ1) is 23.0. The van der Waals surface area contributed by atoms with Gasteiger partial charge in [-0.1, -0.05) is 6.07 Å². The van der Waals surface area contributed by atoms with Crippen LogP contribution in [0.1, 0.15) is 22.8 Å². The van der Waals surface area contributed by atoms with Crippen molar-refractivity contribution in [1.29, 1.82) is 0 Å². The Morgan fingerprint density at radius 1 is 1.17 bits per heavy atom. The van der Waals surface area contributed by atoms with Crippen molar-refractivity contribution in [3.8, 4) is 0 Å². The number of nitrogens with zero attached hydrogens (tertiary/aromatic N) is 2. The fraction of sp³-hybridized carbons (Fsp3) is 0.263. The number of nitro benzene ring substituents is 1. The Labute approximate surface area is 173 Å². The molecule has 1 amide bonds. The van der Waals surface area contributed by atoms with E-state index in [9.17, 15) is 28.1 Å². The number of esters is 1. The number of hydrogen-bond acceptors (Lipinski definition) is 7. The molecule has 11 heteroatoms. The second-order valence-corrected chi connectivity index (χ2v) is 8.76. The van der Waals surface area contributed by atoms with Gasteiger partial charge in [0.15, 0.2) is 6.10 Å². The zero-order valence-corrected chi connectivity index (χ0v) is 17.6. The van der Waals surface area contributed by atoms with Crippen LogP contribution in [0.15, 0.2) is 47.4 Å². The number of carbonyl (C=O) groups excluding carboxylic acids is 2. The second kappa shape index (κ2) is 9.01. The van der Waals surface area contributed by atoms with Gasteiger partial charge in [0.25, 0.3) is 11.6 Å². The van der Waals surface area contributed by atoms with E-state index >= 15 is 0 Å². The predicted octanol–water partition coefficient (Wildman–Crippen LogP) is 2.34.